The Balaban J connectivity index is 2.08. The number of ether oxygens (including phenoxy) is 1. The Bertz CT molecular complexity index is 1010. The highest BCUT2D eigenvalue weighted by molar-refractivity contribution is 7.93. The van der Waals surface area contributed by atoms with Crippen LogP contribution in [0.4, 0.5) is 11.5 Å². The molecule has 25 heavy (non-hydrogen) atoms. The predicted octanol–water partition coefficient (Wildman–Crippen LogP) is 2.51. The fourth-order valence-electron chi connectivity index (χ4n) is 2.50. The lowest BCUT2D eigenvalue weighted by molar-refractivity contribution is 0.380. The van der Waals surface area contributed by atoms with Crippen LogP contribution in [0.5, 0.6) is 6.01 Å². The molecule has 1 aromatic heterocycles. The van der Waals surface area contributed by atoms with Gasteiger partial charge in [-0.15, -0.1) is 0 Å². The van der Waals surface area contributed by atoms with Gasteiger partial charge >= 0.3 is 6.01 Å². The fraction of sp³-hybridized carbons (Fsp3) is 0.176. The molecule has 0 saturated heterocycles. The van der Waals surface area contributed by atoms with E-state index < -0.39 is 10.0 Å². The van der Waals surface area contributed by atoms with E-state index in [0.29, 0.717) is 11.2 Å². The maximum Gasteiger partial charge on any atom is 0.318 e. The molecule has 0 aliphatic rings. The Hall–Kier alpha value is -2.87. The van der Waals surface area contributed by atoms with Crippen molar-refractivity contribution in [2.45, 2.75) is 4.90 Å². The lowest BCUT2D eigenvalue weighted by atomic mass is 10.1. The Morgan fingerprint density at radius 3 is 2.52 bits per heavy atom. The zero-order valence-corrected chi connectivity index (χ0v) is 14.9. The second-order valence-electron chi connectivity index (χ2n) is 5.57. The number of benzene rings is 2. The van der Waals surface area contributed by atoms with Gasteiger partial charge in [-0.3, -0.25) is 4.72 Å². The second-order valence-corrected chi connectivity index (χ2v) is 7.22. The molecule has 0 aliphatic heterocycles. The van der Waals surface area contributed by atoms with Crippen LogP contribution in [-0.4, -0.2) is 39.6 Å². The van der Waals surface area contributed by atoms with Gasteiger partial charge in [-0.2, -0.15) is 4.98 Å². The highest BCUT2D eigenvalue weighted by Gasteiger charge is 2.20. The van der Waals surface area contributed by atoms with E-state index in [1.54, 1.807) is 37.2 Å². The van der Waals surface area contributed by atoms with Crippen molar-refractivity contribution in [1.82, 2.24) is 9.97 Å². The van der Waals surface area contributed by atoms with Gasteiger partial charge in [0.2, 0.25) is 0 Å². The second kappa shape index (κ2) is 6.56. The molecule has 3 rings (SSSR count). The maximum atomic E-state index is 12.9. The van der Waals surface area contributed by atoms with Crippen molar-refractivity contribution in [3.8, 4) is 6.01 Å². The largest absolute Gasteiger partial charge is 0.467 e. The van der Waals surface area contributed by atoms with Gasteiger partial charge in [0.25, 0.3) is 10.0 Å². The van der Waals surface area contributed by atoms with E-state index in [2.05, 4.69) is 14.7 Å². The molecule has 0 saturated carbocycles. The van der Waals surface area contributed by atoms with E-state index in [1.807, 2.05) is 24.3 Å². The average molecular weight is 358 g/mol. The van der Waals surface area contributed by atoms with Gasteiger partial charge < -0.3 is 9.64 Å². The predicted molar refractivity (Wildman–Crippen MR) is 97.7 cm³/mol. The van der Waals surface area contributed by atoms with Gasteiger partial charge in [-0.25, -0.2) is 13.4 Å². The molecule has 3 aromatic rings. The van der Waals surface area contributed by atoms with Crippen LogP contribution in [-0.2, 0) is 10.0 Å². The first kappa shape index (κ1) is 17.0. The number of nitrogens with one attached hydrogen (secondary N) is 1. The number of hydrogen-bond acceptors (Lipinski definition) is 6. The fourth-order valence-corrected chi connectivity index (χ4v) is 3.77. The summed E-state index contributed by atoms with van der Waals surface area (Å²) in [6.45, 7) is 0. The molecule has 0 fully saturated rings. The van der Waals surface area contributed by atoms with Crippen LogP contribution in [0, 0.1) is 0 Å². The smallest absolute Gasteiger partial charge is 0.318 e. The molecule has 130 valence electrons. The van der Waals surface area contributed by atoms with E-state index in [4.69, 9.17) is 4.74 Å². The van der Waals surface area contributed by atoms with Gasteiger partial charge in [-0.05, 0) is 11.5 Å². The van der Waals surface area contributed by atoms with Crippen LogP contribution in [0.2, 0.25) is 0 Å². The van der Waals surface area contributed by atoms with Crippen LogP contribution in [0.3, 0.4) is 0 Å². The summed E-state index contributed by atoms with van der Waals surface area (Å²) < 4.78 is 33.4. The molecule has 0 bridgehead atoms. The molecule has 0 aliphatic carbocycles. The summed E-state index contributed by atoms with van der Waals surface area (Å²) in [6, 6.07) is 12.7. The van der Waals surface area contributed by atoms with Gasteiger partial charge in [-0.1, -0.05) is 36.4 Å². The van der Waals surface area contributed by atoms with Crippen LogP contribution >= 0.6 is 0 Å². The maximum absolute atomic E-state index is 12.9. The number of nitrogens with zero attached hydrogens (tertiary/aromatic N) is 3. The molecule has 8 heteroatoms. The summed E-state index contributed by atoms with van der Waals surface area (Å²) >= 11 is 0. The Labute approximate surface area is 146 Å². The molecular weight excluding hydrogens is 340 g/mol. The third-order valence-corrected chi connectivity index (χ3v) is 5.06. The quantitative estimate of drug-likeness (QED) is 0.754. The number of anilines is 2. The first-order valence-corrected chi connectivity index (χ1v) is 8.99. The van der Waals surface area contributed by atoms with E-state index in [0.717, 1.165) is 5.39 Å². The van der Waals surface area contributed by atoms with Crippen LogP contribution in [0.1, 0.15) is 0 Å². The van der Waals surface area contributed by atoms with Gasteiger partial charge in [0.15, 0.2) is 5.82 Å². The zero-order chi connectivity index (χ0) is 18.0. The van der Waals surface area contributed by atoms with Crippen molar-refractivity contribution in [3.05, 3.63) is 48.7 Å². The molecule has 2 aromatic carbocycles. The van der Waals surface area contributed by atoms with Crippen LogP contribution in [0.25, 0.3) is 10.8 Å². The van der Waals surface area contributed by atoms with Crippen molar-refractivity contribution >= 4 is 32.3 Å². The number of sulfonamides is 1. The van der Waals surface area contributed by atoms with Crippen molar-refractivity contribution in [1.29, 1.82) is 0 Å². The first-order valence-electron chi connectivity index (χ1n) is 7.51. The topological polar surface area (TPSA) is 84.4 Å². The minimum absolute atomic E-state index is 0.164. The van der Waals surface area contributed by atoms with Crippen LogP contribution in [0.15, 0.2) is 53.6 Å². The molecule has 0 unspecified atom stereocenters. The number of methoxy groups -OCH3 is 1. The summed E-state index contributed by atoms with van der Waals surface area (Å²) in [5.74, 6) is 0.413. The molecular formula is C17H18N4O3S. The summed E-state index contributed by atoms with van der Waals surface area (Å²) in [5, 5.41) is 1.50. The summed E-state index contributed by atoms with van der Waals surface area (Å²) in [7, 11) is 1.16. The number of aromatic nitrogens is 2. The number of hydrogen-bond donors (Lipinski definition) is 1. The summed E-state index contributed by atoms with van der Waals surface area (Å²) in [4.78, 5) is 10.1. The highest BCUT2D eigenvalue weighted by atomic mass is 32.2. The molecule has 0 atom stereocenters. The van der Waals surface area contributed by atoms with Crippen molar-refractivity contribution in [3.63, 3.8) is 0 Å². The molecule has 0 radical (unpaired) electrons. The van der Waals surface area contributed by atoms with E-state index in [1.165, 1.54) is 13.3 Å². The molecule has 7 nitrogen and oxygen atoms in total. The molecule has 0 amide bonds. The van der Waals surface area contributed by atoms with E-state index >= 15 is 0 Å². The van der Waals surface area contributed by atoms with Gasteiger partial charge in [0.1, 0.15) is 5.69 Å². The average Bonchev–Trinajstić information content (AvgIpc) is 2.61. The SMILES string of the molecule is COc1ncc(NS(=O)(=O)c2cccc3ccccc23)c(N(C)C)n1. The molecule has 1 N–H and O–H groups in total. The third-order valence-electron chi connectivity index (χ3n) is 3.64. The molecule has 0 spiro atoms. The Morgan fingerprint density at radius 2 is 1.80 bits per heavy atom. The molecule has 1 heterocycles. The number of rotatable bonds is 5. The Morgan fingerprint density at radius 1 is 1.08 bits per heavy atom. The van der Waals surface area contributed by atoms with Crippen molar-refractivity contribution in [2.75, 3.05) is 30.8 Å². The van der Waals surface area contributed by atoms with E-state index in [9.17, 15) is 8.42 Å². The monoisotopic (exact) mass is 358 g/mol. The lowest BCUT2D eigenvalue weighted by Gasteiger charge is -2.18. The zero-order valence-electron chi connectivity index (χ0n) is 14.1. The summed E-state index contributed by atoms with van der Waals surface area (Å²) in [6.07, 6.45) is 1.39. The van der Waals surface area contributed by atoms with Crippen LogP contribution < -0.4 is 14.4 Å². The number of fused-ring (bicyclic) bond motifs is 1. The minimum Gasteiger partial charge on any atom is -0.467 e. The van der Waals surface area contributed by atoms with Crippen molar-refractivity contribution in [2.24, 2.45) is 0 Å². The summed E-state index contributed by atoms with van der Waals surface area (Å²) in [5.41, 5.74) is 0.277. The first-order chi connectivity index (χ1) is 11.9. The lowest BCUT2D eigenvalue weighted by Crippen LogP contribution is -2.19. The highest BCUT2D eigenvalue weighted by Crippen LogP contribution is 2.28. The van der Waals surface area contributed by atoms with Gasteiger partial charge in [0.05, 0.1) is 18.2 Å². The third kappa shape index (κ3) is 3.34. The Kier molecular flexibility index (Phi) is 4.45. The standard InChI is InChI=1S/C17H18N4O3S/c1-21(2)16-14(11-18-17(19-16)24-3)20-25(22,23)15-10-6-8-12-7-4-5-9-13(12)15/h4-11,20H,1-3H3. The van der Waals surface area contributed by atoms with Crippen molar-refractivity contribution < 1.29 is 13.2 Å². The van der Waals surface area contributed by atoms with E-state index in [-0.39, 0.29) is 16.6 Å². The minimum atomic E-state index is -3.81. The van der Waals surface area contributed by atoms with Gasteiger partial charge in [0, 0.05) is 19.5 Å². The normalized spacial score (nSPS) is 11.3.